The van der Waals surface area contributed by atoms with Gasteiger partial charge < -0.3 is 14.8 Å². The Bertz CT molecular complexity index is 963. The zero-order valence-electron chi connectivity index (χ0n) is 15.1. The van der Waals surface area contributed by atoms with Crippen LogP contribution in [0.3, 0.4) is 0 Å². The van der Waals surface area contributed by atoms with Gasteiger partial charge in [0.25, 0.3) is 5.91 Å². The normalized spacial score (nSPS) is 21.7. The van der Waals surface area contributed by atoms with Crippen molar-refractivity contribution in [3.63, 3.8) is 0 Å². The minimum atomic E-state index is -1.17. The van der Waals surface area contributed by atoms with E-state index in [2.05, 4.69) is 10.4 Å². The summed E-state index contributed by atoms with van der Waals surface area (Å²) in [7, 11) is 0. The van der Waals surface area contributed by atoms with Gasteiger partial charge in [-0.15, -0.1) is 5.01 Å². The van der Waals surface area contributed by atoms with E-state index in [1.54, 1.807) is 31.2 Å². The van der Waals surface area contributed by atoms with Crippen LogP contribution in [0.15, 0.2) is 47.6 Å². The Labute approximate surface area is 166 Å². The minimum Gasteiger partial charge on any atom is -0.489 e. The van der Waals surface area contributed by atoms with E-state index in [0.717, 1.165) is 11.4 Å². The van der Waals surface area contributed by atoms with Crippen LogP contribution in [0.5, 0.6) is 11.5 Å². The number of nitrogens with one attached hydrogen (secondary N) is 1. The molecule has 3 amide bonds. The van der Waals surface area contributed by atoms with Crippen molar-refractivity contribution < 1.29 is 19.1 Å². The summed E-state index contributed by atoms with van der Waals surface area (Å²) in [5.41, 5.74) is 0.103. The molecule has 2 aromatic rings. The van der Waals surface area contributed by atoms with Crippen molar-refractivity contribution in [3.05, 3.63) is 58.6 Å². The Morgan fingerprint density at radius 2 is 1.93 bits per heavy atom. The number of nitrogens with zero attached hydrogens (tertiary/aromatic N) is 2. The predicted molar refractivity (Wildman–Crippen MR) is 104 cm³/mol. The Morgan fingerprint density at radius 1 is 1.18 bits per heavy atom. The molecule has 28 heavy (non-hydrogen) atoms. The Hall–Kier alpha value is -3.06. The van der Waals surface area contributed by atoms with Crippen molar-refractivity contribution >= 4 is 29.8 Å². The maximum absolute atomic E-state index is 12.9. The van der Waals surface area contributed by atoms with Gasteiger partial charge >= 0.3 is 6.03 Å². The van der Waals surface area contributed by atoms with E-state index in [9.17, 15) is 9.59 Å². The molecule has 1 fully saturated rings. The third kappa shape index (κ3) is 3.18. The number of fused-ring (bicyclic) bond motifs is 1. The average molecular weight is 400 g/mol. The quantitative estimate of drug-likeness (QED) is 0.634. The molecule has 2 heterocycles. The van der Waals surface area contributed by atoms with Gasteiger partial charge in [0, 0.05) is 6.42 Å². The maximum Gasteiger partial charge on any atom is 0.346 e. The Kier molecular flexibility index (Phi) is 4.68. The topological polar surface area (TPSA) is 80.2 Å². The zero-order valence-corrected chi connectivity index (χ0v) is 15.9. The molecule has 0 spiro atoms. The van der Waals surface area contributed by atoms with Crippen molar-refractivity contribution in [2.45, 2.75) is 18.9 Å². The number of ether oxygens (including phenoxy) is 2. The second kappa shape index (κ2) is 7.16. The van der Waals surface area contributed by atoms with Gasteiger partial charge in [-0.25, -0.2) is 4.79 Å². The number of carbonyl (C=O) groups is 2. The molecule has 8 heteroatoms. The van der Waals surface area contributed by atoms with Crippen LogP contribution in [0.4, 0.5) is 4.79 Å². The Morgan fingerprint density at radius 3 is 2.71 bits per heavy atom. The highest BCUT2D eigenvalue weighted by Gasteiger charge is 2.49. The number of imide groups is 1. The molecular weight excluding hydrogens is 382 g/mol. The van der Waals surface area contributed by atoms with Gasteiger partial charge in [0.15, 0.2) is 11.5 Å². The number of hydrogen-bond acceptors (Lipinski definition) is 5. The molecule has 2 aromatic carbocycles. The van der Waals surface area contributed by atoms with Crippen LogP contribution in [-0.4, -0.2) is 36.4 Å². The molecule has 0 aromatic heterocycles. The molecular formula is C20H18ClN3O4. The SMILES string of the molecule is C[C@@]1(c2ccccc2)NC(=O)N(/N=C\c2cc(Cl)c3c(c2)OCCCO3)C1=O. The minimum absolute atomic E-state index is 0.382. The zero-order chi connectivity index (χ0) is 19.7. The van der Waals surface area contributed by atoms with Crippen molar-refractivity contribution in [3.8, 4) is 11.5 Å². The number of hydrazone groups is 1. The molecule has 0 saturated carbocycles. The average Bonchev–Trinajstić information content (AvgIpc) is 2.85. The van der Waals surface area contributed by atoms with Gasteiger partial charge in [0.1, 0.15) is 5.54 Å². The van der Waals surface area contributed by atoms with Crippen LogP contribution in [0.2, 0.25) is 5.02 Å². The number of rotatable bonds is 3. The first-order valence-electron chi connectivity index (χ1n) is 8.84. The summed E-state index contributed by atoms with van der Waals surface area (Å²) in [6.07, 6.45) is 2.16. The van der Waals surface area contributed by atoms with Gasteiger partial charge in [-0.3, -0.25) is 4.79 Å². The van der Waals surface area contributed by atoms with Crippen LogP contribution < -0.4 is 14.8 Å². The van der Waals surface area contributed by atoms with Gasteiger partial charge in [0.2, 0.25) is 0 Å². The number of amides is 3. The summed E-state index contributed by atoms with van der Waals surface area (Å²) in [5, 5.41) is 7.99. The molecule has 2 aliphatic heterocycles. The second-order valence-electron chi connectivity index (χ2n) is 6.66. The lowest BCUT2D eigenvalue weighted by Crippen LogP contribution is -2.40. The first kappa shape index (κ1) is 18.3. The van der Waals surface area contributed by atoms with Gasteiger partial charge in [-0.1, -0.05) is 41.9 Å². The molecule has 144 valence electrons. The molecule has 0 radical (unpaired) electrons. The van der Waals surface area contributed by atoms with Crippen molar-refractivity contribution in [2.75, 3.05) is 13.2 Å². The molecule has 4 rings (SSSR count). The highest BCUT2D eigenvalue weighted by Crippen LogP contribution is 2.37. The molecule has 1 atom stereocenters. The summed E-state index contributed by atoms with van der Waals surface area (Å²) in [5.74, 6) is 0.543. The monoisotopic (exact) mass is 399 g/mol. The van der Waals surface area contributed by atoms with Crippen LogP contribution in [0.25, 0.3) is 0 Å². The van der Waals surface area contributed by atoms with E-state index in [1.807, 2.05) is 18.2 Å². The van der Waals surface area contributed by atoms with Crippen LogP contribution in [0, 0.1) is 0 Å². The number of halogens is 1. The molecule has 0 unspecified atom stereocenters. The van der Waals surface area contributed by atoms with Gasteiger partial charge in [-0.05, 0) is 30.2 Å². The lowest BCUT2D eigenvalue weighted by atomic mass is 9.92. The van der Waals surface area contributed by atoms with Crippen LogP contribution in [0.1, 0.15) is 24.5 Å². The third-order valence-corrected chi connectivity index (χ3v) is 4.95. The second-order valence-corrected chi connectivity index (χ2v) is 7.07. The fourth-order valence-corrected chi connectivity index (χ4v) is 3.42. The summed E-state index contributed by atoms with van der Waals surface area (Å²) in [6, 6.07) is 11.8. The van der Waals surface area contributed by atoms with Crippen molar-refractivity contribution in [1.82, 2.24) is 10.3 Å². The fourth-order valence-electron chi connectivity index (χ4n) is 3.15. The summed E-state index contributed by atoms with van der Waals surface area (Å²) in [6.45, 7) is 2.70. The van der Waals surface area contributed by atoms with Crippen molar-refractivity contribution in [1.29, 1.82) is 0 Å². The molecule has 0 aliphatic carbocycles. The summed E-state index contributed by atoms with van der Waals surface area (Å²) < 4.78 is 11.2. The molecule has 1 saturated heterocycles. The van der Waals surface area contributed by atoms with E-state index in [-0.39, 0.29) is 0 Å². The molecule has 7 nitrogen and oxygen atoms in total. The largest absolute Gasteiger partial charge is 0.489 e. The smallest absolute Gasteiger partial charge is 0.346 e. The molecule has 2 aliphatic rings. The number of carbonyl (C=O) groups excluding carboxylic acids is 2. The van der Waals surface area contributed by atoms with E-state index < -0.39 is 17.5 Å². The van der Waals surface area contributed by atoms with Crippen molar-refractivity contribution in [2.24, 2.45) is 5.10 Å². The first-order chi connectivity index (χ1) is 13.5. The highest BCUT2D eigenvalue weighted by atomic mass is 35.5. The predicted octanol–water partition coefficient (Wildman–Crippen LogP) is 3.30. The Balaban J connectivity index is 1.60. The third-order valence-electron chi connectivity index (χ3n) is 4.67. The number of urea groups is 1. The number of benzene rings is 2. The van der Waals surface area contributed by atoms with Gasteiger partial charge in [-0.2, -0.15) is 5.10 Å². The standard InChI is InChI=1S/C20H18ClN3O4/c1-20(14-6-3-2-4-7-14)18(25)24(19(26)23-20)22-12-13-10-15(21)17-16(11-13)27-8-5-9-28-17/h2-4,6-7,10-12H,5,8-9H2,1H3,(H,23,26)/b22-12-/t20-/m0/s1. The van der Waals surface area contributed by atoms with E-state index in [4.69, 9.17) is 21.1 Å². The highest BCUT2D eigenvalue weighted by molar-refractivity contribution is 6.32. The lowest BCUT2D eigenvalue weighted by Gasteiger charge is -2.20. The first-order valence-corrected chi connectivity index (χ1v) is 9.22. The molecule has 1 N–H and O–H groups in total. The van der Waals surface area contributed by atoms with Crippen LogP contribution >= 0.6 is 11.6 Å². The van der Waals surface area contributed by atoms with E-state index in [1.165, 1.54) is 6.21 Å². The van der Waals surface area contributed by atoms with Gasteiger partial charge in [0.05, 0.1) is 24.5 Å². The lowest BCUT2D eigenvalue weighted by molar-refractivity contribution is -0.131. The summed E-state index contributed by atoms with van der Waals surface area (Å²) in [4.78, 5) is 25.2. The van der Waals surface area contributed by atoms with Crippen LogP contribution in [-0.2, 0) is 10.3 Å². The van der Waals surface area contributed by atoms with E-state index in [0.29, 0.717) is 40.9 Å². The summed E-state index contributed by atoms with van der Waals surface area (Å²) >= 11 is 6.27. The maximum atomic E-state index is 12.9. The fraction of sp³-hybridized carbons (Fsp3) is 0.250. The molecule has 0 bridgehead atoms. The number of hydrogen-bond donors (Lipinski definition) is 1. The van der Waals surface area contributed by atoms with E-state index >= 15 is 0 Å².